The maximum Gasteiger partial charge on any atom is 0.269 e. The largest absolute Gasteiger partial charge is 0.454 e. The van der Waals surface area contributed by atoms with Crippen molar-refractivity contribution in [3.63, 3.8) is 0 Å². The van der Waals surface area contributed by atoms with Crippen LogP contribution in [0.15, 0.2) is 24.3 Å². The van der Waals surface area contributed by atoms with Crippen molar-refractivity contribution >= 4 is 17.5 Å². The van der Waals surface area contributed by atoms with Gasteiger partial charge in [0.05, 0.1) is 12.2 Å². The normalized spacial score (nSPS) is 12.1. The predicted molar refractivity (Wildman–Crippen MR) is 81.5 cm³/mol. The molecular formula is C15H16N4O4. The van der Waals surface area contributed by atoms with Gasteiger partial charge in [0.2, 0.25) is 12.7 Å². The van der Waals surface area contributed by atoms with Gasteiger partial charge in [-0.2, -0.15) is 5.10 Å². The third kappa shape index (κ3) is 3.25. The highest BCUT2D eigenvalue weighted by Gasteiger charge is 2.15. The van der Waals surface area contributed by atoms with Gasteiger partial charge in [-0.25, -0.2) is 0 Å². The van der Waals surface area contributed by atoms with Crippen LogP contribution in [0.25, 0.3) is 0 Å². The number of aromatic nitrogens is 2. The van der Waals surface area contributed by atoms with Gasteiger partial charge in [0, 0.05) is 18.8 Å². The molecule has 23 heavy (non-hydrogen) atoms. The number of benzene rings is 1. The molecule has 2 aromatic rings. The van der Waals surface area contributed by atoms with E-state index in [9.17, 15) is 9.59 Å². The first-order valence-corrected chi connectivity index (χ1v) is 7.01. The molecule has 3 rings (SSSR count). The van der Waals surface area contributed by atoms with Gasteiger partial charge in [-0.3, -0.25) is 14.3 Å². The number of carbonyl (C=O) groups is 2. The smallest absolute Gasteiger partial charge is 0.269 e. The highest BCUT2D eigenvalue weighted by molar-refractivity contribution is 5.98. The Labute approximate surface area is 132 Å². The predicted octanol–water partition coefficient (Wildman–Crippen LogP) is 0.826. The van der Waals surface area contributed by atoms with Gasteiger partial charge in [-0.05, 0) is 25.1 Å². The van der Waals surface area contributed by atoms with Crippen LogP contribution in [-0.2, 0) is 11.8 Å². The molecule has 0 saturated carbocycles. The van der Waals surface area contributed by atoms with Crippen molar-refractivity contribution in [3.8, 4) is 11.5 Å². The van der Waals surface area contributed by atoms with E-state index >= 15 is 0 Å². The Balaban J connectivity index is 1.55. The fourth-order valence-corrected chi connectivity index (χ4v) is 2.25. The molecule has 2 heterocycles. The molecule has 0 fully saturated rings. The number of nitrogens with one attached hydrogen (secondary N) is 2. The molecule has 1 aromatic carbocycles. The van der Waals surface area contributed by atoms with Crippen LogP contribution in [0.5, 0.6) is 11.5 Å². The van der Waals surface area contributed by atoms with Crippen LogP contribution in [-0.4, -0.2) is 34.9 Å². The van der Waals surface area contributed by atoms with E-state index in [1.54, 1.807) is 38.2 Å². The van der Waals surface area contributed by atoms with Gasteiger partial charge in [0.15, 0.2) is 11.5 Å². The van der Waals surface area contributed by atoms with Crippen LogP contribution in [0.3, 0.4) is 0 Å². The number of carbonyl (C=O) groups excluding carboxylic acids is 2. The van der Waals surface area contributed by atoms with Crippen molar-refractivity contribution in [1.82, 2.24) is 15.1 Å². The van der Waals surface area contributed by atoms with Crippen molar-refractivity contribution < 1.29 is 19.1 Å². The SMILES string of the molecule is Cc1cc(C(=O)NCC(=O)Nc2ccc3c(c2)OCO3)n(C)n1. The Bertz CT molecular complexity index is 769. The van der Waals surface area contributed by atoms with Crippen LogP contribution < -0.4 is 20.1 Å². The van der Waals surface area contributed by atoms with Crippen molar-refractivity contribution in [3.05, 3.63) is 35.7 Å². The van der Waals surface area contributed by atoms with Crippen LogP contribution >= 0.6 is 0 Å². The van der Waals surface area contributed by atoms with E-state index in [0.29, 0.717) is 22.9 Å². The Morgan fingerprint density at radius 3 is 2.78 bits per heavy atom. The molecular weight excluding hydrogens is 300 g/mol. The summed E-state index contributed by atoms with van der Waals surface area (Å²) >= 11 is 0. The minimum Gasteiger partial charge on any atom is -0.454 e. The maximum atomic E-state index is 12.0. The number of rotatable bonds is 4. The van der Waals surface area contributed by atoms with Crippen molar-refractivity contribution in [2.75, 3.05) is 18.7 Å². The second-order valence-electron chi connectivity index (χ2n) is 5.09. The molecule has 0 atom stereocenters. The molecule has 0 aliphatic carbocycles. The van der Waals surface area contributed by atoms with E-state index in [2.05, 4.69) is 15.7 Å². The minimum atomic E-state index is -0.353. The zero-order valence-electron chi connectivity index (χ0n) is 12.8. The summed E-state index contributed by atoms with van der Waals surface area (Å²) in [5.74, 6) is 0.533. The third-order valence-corrected chi connectivity index (χ3v) is 3.30. The van der Waals surface area contributed by atoms with E-state index in [-0.39, 0.29) is 25.2 Å². The minimum absolute atomic E-state index is 0.141. The van der Waals surface area contributed by atoms with Gasteiger partial charge >= 0.3 is 0 Å². The fraction of sp³-hybridized carbons (Fsp3) is 0.267. The molecule has 0 spiro atoms. The molecule has 8 heteroatoms. The molecule has 2 N–H and O–H groups in total. The lowest BCUT2D eigenvalue weighted by molar-refractivity contribution is -0.115. The van der Waals surface area contributed by atoms with E-state index in [4.69, 9.17) is 9.47 Å². The van der Waals surface area contributed by atoms with E-state index in [1.807, 2.05) is 0 Å². The van der Waals surface area contributed by atoms with Crippen molar-refractivity contribution in [2.24, 2.45) is 7.05 Å². The quantitative estimate of drug-likeness (QED) is 0.871. The lowest BCUT2D eigenvalue weighted by atomic mass is 10.2. The Morgan fingerprint density at radius 2 is 2.04 bits per heavy atom. The Kier molecular flexibility index (Phi) is 3.88. The summed E-state index contributed by atoms with van der Waals surface area (Å²) in [4.78, 5) is 23.9. The van der Waals surface area contributed by atoms with Crippen LogP contribution in [0, 0.1) is 6.92 Å². The van der Waals surface area contributed by atoms with Gasteiger partial charge < -0.3 is 20.1 Å². The lowest BCUT2D eigenvalue weighted by Gasteiger charge is -2.07. The molecule has 0 saturated heterocycles. The monoisotopic (exact) mass is 316 g/mol. The summed E-state index contributed by atoms with van der Waals surface area (Å²) in [6, 6.07) is 6.75. The van der Waals surface area contributed by atoms with Crippen LogP contribution in [0.1, 0.15) is 16.2 Å². The second-order valence-corrected chi connectivity index (χ2v) is 5.09. The highest BCUT2D eigenvalue weighted by Crippen LogP contribution is 2.34. The standard InChI is InChI=1S/C15H16N4O4/c1-9-5-11(19(2)18-9)15(21)16-7-14(20)17-10-3-4-12-13(6-10)23-8-22-12/h3-6H,7-8H2,1-2H3,(H,16,21)(H,17,20). The van der Waals surface area contributed by atoms with E-state index in [0.717, 1.165) is 5.69 Å². The Morgan fingerprint density at radius 1 is 1.26 bits per heavy atom. The molecule has 0 unspecified atom stereocenters. The number of ether oxygens (including phenoxy) is 2. The molecule has 1 aliphatic heterocycles. The number of fused-ring (bicyclic) bond motifs is 1. The average Bonchev–Trinajstić information content (AvgIpc) is 3.10. The Hall–Kier alpha value is -3.03. The number of hydrogen-bond donors (Lipinski definition) is 2. The topological polar surface area (TPSA) is 94.5 Å². The molecule has 2 amide bonds. The maximum absolute atomic E-state index is 12.0. The number of anilines is 1. The van der Waals surface area contributed by atoms with Gasteiger partial charge in [-0.1, -0.05) is 0 Å². The molecule has 8 nitrogen and oxygen atoms in total. The number of hydrogen-bond acceptors (Lipinski definition) is 5. The number of aryl methyl sites for hydroxylation is 2. The van der Waals surface area contributed by atoms with E-state index < -0.39 is 0 Å². The average molecular weight is 316 g/mol. The highest BCUT2D eigenvalue weighted by atomic mass is 16.7. The molecule has 0 bridgehead atoms. The second kappa shape index (κ2) is 5.99. The summed E-state index contributed by atoms with van der Waals surface area (Å²) in [5, 5.41) is 9.33. The zero-order chi connectivity index (χ0) is 16.4. The number of amides is 2. The summed E-state index contributed by atoms with van der Waals surface area (Å²) < 4.78 is 11.9. The van der Waals surface area contributed by atoms with Crippen molar-refractivity contribution in [2.45, 2.75) is 6.92 Å². The lowest BCUT2D eigenvalue weighted by Crippen LogP contribution is -2.33. The molecule has 0 radical (unpaired) electrons. The van der Waals surface area contributed by atoms with Gasteiger partial charge in [0.1, 0.15) is 5.69 Å². The first kappa shape index (κ1) is 14.9. The third-order valence-electron chi connectivity index (χ3n) is 3.30. The summed E-state index contributed by atoms with van der Waals surface area (Å²) in [5.41, 5.74) is 1.71. The van der Waals surface area contributed by atoms with Gasteiger partial charge in [0.25, 0.3) is 5.91 Å². The summed E-state index contributed by atoms with van der Waals surface area (Å²) in [6.45, 7) is 1.83. The molecule has 1 aromatic heterocycles. The van der Waals surface area contributed by atoms with Gasteiger partial charge in [-0.15, -0.1) is 0 Å². The van der Waals surface area contributed by atoms with Crippen molar-refractivity contribution in [1.29, 1.82) is 0 Å². The molecule has 1 aliphatic rings. The first-order valence-electron chi connectivity index (χ1n) is 7.01. The summed E-state index contributed by atoms with van der Waals surface area (Å²) in [6.07, 6.45) is 0. The van der Waals surface area contributed by atoms with Crippen LogP contribution in [0.4, 0.5) is 5.69 Å². The first-order chi connectivity index (χ1) is 11.0. The molecule has 120 valence electrons. The fourth-order valence-electron chi connectivity index (χ4n) is 2.25. The van der Waals surface area contributed by atoms with E-state index in [1.165, 1.54) is 4.68 Å². The summed E-state index contributed by atoms with van der Waals surface area (Å²) in [7, 11) is 1.68. The number of nitrogens with zero attached hydrogens (tertiary/aromatic N) is 2. The zero-order valence-corrected chi connectivity index (χ0v) is 12.8. The van der Waals surface area contributed by atoms with Crippen LogP contribution in [0.2, 0.25) is 0 Å².